The second-order valence-corrected chi connectivity index (χ2v) is 6.19. The molecule has 32 heavy (non-hydrogen) atoms. The number of rotatable bonds is 3. The van der Waals surface area contributed by atoms with Gasteiger partial charge in [0.25, 0.3) is 6.47 Å². The Hall–Kier alpha value is 0.653. The maximum absolute atomic E-state index is 10.8. The monoisotopic (exact) mass is 622 g/mol. The number of aromatic amines is 2. The van der Waals surface area contributed by atoms with Crippen LogP contribution in [-0.2, 0) is 19.2 Å². The molecule has 0 atom stereocenters. The first-order chi connectivity index (χ1) is 14.2. The molecule has 0 amide bonds. The van der Waals surface area contributed by atoms with Crippen LogP contribution in [0.4, 0.5) is 0 Å². The standard InChI is InChI=1S/2C5H7N3O2.C3H8.C2H5I.CH2O3.2K.H/c2*1-3-4(5(9)10-2)7-8-6-3;1-3-2;1-2-3;2-1-4-3;;;/h2*1-2H3,(H,6,7,8);3H2,1-2H3;2H2,1H3;1,3H;;;/q;;;;;2*+1;-1/p-1. The van der Waals surface area contributed by atoms with Gasteiger partial charge < -0.3 is 21.0 Å². The van der Waals surface area contributed by atoms with Crippen molar-refractivity contribution >= 4 is 41.0 Å². The average Bonchev–Trinajstić information content (AvgIpc) is 3.36. The zero-order valence-corrected chi connectivity index (χ0v) is 28.4. The van der Waals surface area contributed by atoms with Crippen LogP contribution in [0, 0.1) is 13.8 Å². The van der Waals surface area contributed by atoms with E-state index in [-0.39, 0.29) is 122 Å². The molecule has 13 nitrogen and oxygen atoms in total. The van der Waals surface area contributed by atoms with Gasteiger partial charge in [-0.1, -0.05) is 49.8 Å². The van der Waals surface area contributed by atoms with Crippen molar-refractivity contribution in [2.75, 3.05) is 18.6 Å². The molecular weight excluding hydrogens is 593 g/mol. The number of methoxy groups -OCH3 is 2. The van der Waals surface area contributed by atoms with E-state index in [0.717, 1.165) is 0 Å². The molecule has 2 rings (SSSR count). The summed E-state index contributed by atoms with van der Waals surface area (Å²) in [4.78, 5) is 32.8. The van der Waals surface area contributed by atoms with E-state index >= 15 is 0 Å². The van der Waals surface area contributed by atoms with Gasteiger partial charge in [0.15, 0.2) is 11.4 Å². The number of nitrogens with one attached hydrogen (secondary N) is 2. The molecule has 0 aliphatic rings. The van der Waals surface area contributed by atoms with Crippen molar-refractivity contribution < 1.29 is 138 Å². The Morgan fingerprint density at radius 2 is 1.19 bits per heavy atom. The molecule has 2 N–H and O–H groups in total. The number of esters is 2. The molecule has 0 saturated heterocycles. The summed E-state index contributed by atoms with van der Waals surface area (Å²) in [5.41, 5.74) is 1.57. The first kappa shape index (κ1) is 42.8. The van der Waals surface area contributed by atoms with Gasteiger partial charge in [0.2, 0.25) is 0 Å². The number of hydrogen-bond acceptors (Lipinski definition) is 11. The molecule has 0 aliphatic carbocycles. The van der Waals surface area contributed by atoms with Gasteiger partial charge in [-0.25, -0.2) is 9.59 Å². The van der Waals surface area contributed by atoms with Gasteiger partial charge in [0.1, 0.15) is 0 Å². The van der Waals surface area contributed by atoms with Gasteiger partial charge in [-0.05, 0) is 18.3 Å². The third-order valence-electron chi connectivity index (χ3n) is 2.24. The molecule has 0 spiro atoms. The fraction of sp³-hybridized carbons (Fsp3) is 0.562. The van der Waals surface area contributed by atoms with Gasteiger partial charge in [0.05, 0.1) is 25.6 Å². The molecule has 0 fully saturated rings. The van der Waals surface area contributed by atoms with Crippen molar-refractivity contribution in [3.05, 3.63) is 22.8 Å². The number of nitrogens with zero attached hydrogens (tertiary/aromatic N) is 4. The zero-order valence-electron chi connectivity index (χ0n) is 21.0. The molecular formula is C16H29IK2N6O7. The van der Waals surface area contributed by atoms with Gasteiger partial charge >= 0.3 is 115 Å². The Labute approximate surface area is 287 Å². The summed E-state index contributed by atoms with van der Waals surface area (Å²) in [6, 6.07) is 0. The van der Waals surface area contributed by atoms with Crippen molar-refractivity contribution in [3.63, 3.8) is 0 Å². The van der Waals surface area contributed by atoms with Gasteiger partial charge in [0, 0.05) is 0 Å². The number of halogens is 1. The maximum atomic E-state index is 10.8. The number of carbonyl (C=O) groups is 3. The van der Waals surface area contributed by atoms with Crippen LogP contribution in [0.25, 0.3) is 0 Å². The van der Waals surface area contributed by atoms with Crippen LogP contribution in [0.3, 0.4) is 0 Å². The van der Waals surface area contributed by atoms with E-state index in [2.05, 4.69) is 88.5 Å². The smallest absolute Gasteiger partial charge is 1.00 e. The normalized spacial score (nSPS) is 7.66. The minimum absolute atomic E-state index is 0. The second-order valence-electron chi connectivity index (χ2n) is 4.67. The zero-order chi connectivity index (χ0) is 23.9. The molecule has 2 aromatic heterocycles. The molecule has 0 saturated carbocycles. The Kier molecular flexibility index (Phi) is 42.3. The van der Waals surface area contributed by atoms with Crippen LogP contribution < -0.4 is 108 Å². The van der Waals surface area contributed by atoms with Crippen molar-refractivity contribution in [1.82, 2.24) is 30.8 Å². The third kappa shape index (κ3) is 23.8. The Morgan fingerprint density at radius 3 is 1.31 bits per heavy atom. The Balaban J connectivity index is -0.0000000747. The summed E-state index contributed by atoms with van der Waals surface area (Å²) in [5.74, 6) is -0.933. The number of H-pyrrole nitrogens is 2. The average molecular weight is 623 g/mol. The minimum Gasteiger partial charge on any atom is -1.00 e. The summed E-state index contributed by atoms with van der Waals surface area (Å²) in [6.07, 6.45) is 1.25. The van der Waals surface area contributed by atoms with E-state index in [1.165, 1.54) is 25.1 Å². The van der Waals surface area contributed by atoms with Crippen LogP contribution in [0.5, 0.6) is 0 Å². The number of alkyl halides is 1. The molecule has 0 bridgehead atoms. The Morgan fingerprint density at radius 1 is 0.938 bits per heavy atom. The molecule has 2 aromatic rings. The maximum Gasteiger partial charge on any atom is 1.00 e. The number of aryl methyl sites for hydroxylation is 2. The number of ether oxygens (including phenoxy) is 2. The predicted octanol–water partition coefficient (Wildman–Crippen LogP) is -4.79. The van der Waals surface area contributed by atoms with Crippen LogP contribution in [0.15, 0.2) is 0 Å². The van der Waals surface area contributed by atoms with Crippen LogP contribution in [-0.4, -0.2) is 67.9 Å². The van der Waals surface area contributed by atoms with Crippen molar-refractivity contribution in [2.24, 2.45) is 0 Å². The second kappa shape index (κ2) is 31.7. The Bertz CT molecular complexity index is 656. The first-order valence-electron chi connectivity index (χ1n) is 8.45. The topological polar surface area (TPSA) is 185 Å². The molecule has 174 valence electrons. The van der Waals surface area contributed by atoms with E-state index in [1.807, 2.05) is 0 Å². The summed E-state index contributed by atoms with van der Waals surface area (Å²) in [6.45, 7) is 9.53. The molecule has 16 heteroatoms. The van der Waals surface area contributed by atoms with Crippen molar-refractivity contribution in [2.45, 2.75) is 41.0 Å². The quantitative estimate of drug-likeness (QED) is 0.0637. The summed E-state index contributed by atoms with van der Waals surface area (Å²) >= 11 is 2.29. The molecule has 0 radical (unpaired) electrons. The summed E-state index contributed by atoms with van der Waals surface area (Å²) in [7, 11) is 2.60. The van der Waals surface area contributed by atoms with E-state index in [9.17, 15) is 9.59 Å². The minimum atomic E-state index is -0.466. The summed E-state index contributed by atoms with van der Waals surface area (Å²) < 4.78 is 10.0. The van der Waals surface area contributed by atoms with E-state index in [1.54, 1.807) is 13.8 Å². The molecule has 0 aliphatic heterocycles. The third-order valence-corrected chi connectivity index (χ3v) is 2.24. The van der Waals surface area contributed by atoms with E-state index in [0.29, 0.717) is 11.4 Å². The number of aromatic nitrogens is 6. The first-order valence-corrected chi connectivity index (χ1v) is 9.97. The predicted molar refractivity (Wildman–Crippen MR) is 114 cm³/mol. The van der Waals surface area contributed by atoms with Crippen molar-refractivity contribution in [1.29, 1.82) is 0 Å². The van der Waals surface area contributed by atoms with Crippen LogP contribution in [0.1, 0.15) is 61.0 Å². The molecule has 0 unspecified atom stereocenters. The largest absolute Gasteiger partial charge is 1.00 e. The summed E-state index contributed by atoms with van der Waals surface area (Å²) in [5, 5.41) is 27.5. The van der Waals surface area contributed by atoms with E-state index < -0.39 is 11.9 Å². The molecule has 0 aromatic carbocycles. The van der Waals surface area contributed by atoms with Gasteiger partial charge in [-0.15, -0.1) is 10.2 Å². The van der Waals surface area contributed by atoms with Gasteiger partial charge in [-0.3, -0.25) is 4.79 Å². The fourth-order valence-electron chi connectivity index (χ4n) is 1.15. The SMILES string of the molecule is CCC.CCI.COC(=O)c1n[nH]nc1C.COC(=O)c1n[nH]nc1C.O=CO[O-].[H-].[K+].[K+]. The van der Waals surface area contributed by atoms with E-state index in [4.69, 9.17) is 10.1 Å². The van der Waals surface area contributed by atoms with Crippen LogP contribution in [0.2, 0.25) is 0 Å². The van der Waals surface area contributed by atoms with Crippen LogP contribution >= 0.6 is 22.6 Å². The number of carbonyl (C=O) groups excluding carboxylic acids is 3. The van der Waals surface area contributed by atoms with Crippen molar-refractivity contribution in [3.8, 4) is 0 Å². The number of hydrogen-bond donors (Lipinski definition) is 2. The molecule has 2 heterocycles. The fourth-order valence-corrected chi connectivity index (χ4v) is 1.15. The van der Waals surface area contributed by atoms with Gasteiger partial charge in [-0.2, -0.15) is 20.6 Å².